The number of rotatable bonds is 3. The van der Waals surface area contributed by atoms with E-state index in [0.717, 1.165) is 6.54 Å². The van der Waals surface area contributed by atoms with E-state index in [1.165, 1.54) is 32.4 Å². The minimum absolute atomic E-state index is 0. The molecule has 1 rings (SSSR count). The van der Waals surface area contributed by atoms with Gasteiger partial charge in [-0.1, -0.05) is 27.2 Å². The zero-order valence-electron chi connectivity index (χ0n) is 11.2. The standard InChI is InChI=1S/C10H21N2.C2H6.Y/c1-4-10(9-11-2)5-7-12(3)8-6-10;1-2;/h4-9H2,1-3H3;1-2H3;/q-1;;. The van der Waals surface area contributed by atoms with Gasteiger partial charge in [0.25, 0.3) is 0 Å². The van der Waals surface area contributed by atoms with E-state index < -0.39 is 0 Å². The van der Waals surface area contributed by atoms with Crippen LogP contribution in [0.5, 0.6) is 0 Å². The largest absolute Gasteiger partial charge is 0.665 e. The predicted molar refractivity (Wildman–Crippen MR) is 65.0 cm³/mol. The summed E-state index contributed by atoms with van der Waals surface area (Å²) < 4.78 is 0. The van der Waals surface area contributed by atoms with Gasteiger partial charge in [-0.3, -0.25) is 0 Å². The van der Waals surface area contributed by atoms with Crippen molar-refractivity contribution < 1.29 is 32.7 Å². The molecule has 1 aliphatic rings. The average molecular weight is 288 g/mol. The maximum Gasteiger partial charge on any atom is 0 e. The third kappa shape index (κ3) is 6.36. The third-order valence-electron chi connectivity index (χ3n) is 3.29. The quantitative estimate of drug-likeness (QED) is 0.780. The van der Waals surface area contributed by atoms with Gasteiger partial charge < -0.3 is 10.2 Å². The van der Waals surface area contributed by atoms with Crippen molar-refractivity contribution in [3.8, 4) is 0 Å². The molecular formula is C12H27N2Y-. The first-order valence-corrected chi connectivity index (χ1v) is 5.96. The molecule has 0 aromatic rings. The van der Waals surface area contributed by atoms with Crippen LogP contribution in [-0.2, 0) is 32.7 Å². The van der Waals surface area contributed by atoms with Crippen LogP contribution < -0.4 is 0 Å². The number of likely N-dealkylation sites (tertiary alicyclic amines) is 1. The fourth-order valence-electron chi connectivity index (χ4n) is 2.05. The van der Waals surface area contributed by atoms with Crippen molar-refractivity contribution in [1.29, 1.82) is 0 Å². The summed E-state index contributed by atoms with van der Waals surface area (Å²) in [5.41, 5.74) is 0.543. The fraction of sp³-hybridized carbons (Fsp3) is 1.00. The van der Waals surface area contributed by atoms with Crippen LogP contribution in [0.25, 0.3) is 5.32 Å². The van der Waals surface area contributed by atoms with Crippen LogP contribution in [0.1, 0.15) is 40.0 Å². The average Bonchev–Trinajstić information content (AvgIpc) is 2.25. The molecular weight excluding hydrogens is 261 g/mol. The summed E-state index contributed by atoms with van der Waals surface area (Å²) in [6, 6.07) is 0. The Bertz CT molecular complexity index is 132. The van der Waals surface area contributed by atoms with Crippen LogP contribution in [0.3, 0.4) is 0 Å². The molecule has 1 heterocycles. The normalized spacial score (nSPS) is 19.8. The van der Waals surface area contributed by atoms with Gasteiger partial charge in [-0.25, -0.2) is 0 Å². The van der Waals surface area contributed by atoms with Crippen LogP contribution >= 0.6 is 0 Å². The van der Waals surface area contributed by atoms with E-state index in [1.807, 2.05) is 20.9 Å². The summed E-state index contributed by atoms with van der Waals surface area (Å²) in [4.78, 5) is 2.42. The molecule has 1 fully saturated rings. The molecule has 3 heteroatoms. The van der Waals surface area contributed by atoms with E-state index in [1.54, 1.807) is 0 Å². The first-order valence-electron chi connectivity index (χ1n) is 5.96. The molecule has 2 nitrogen and oxygen atoms in total. The Kier molecular flexibility index (Phi) is 12.5. The van der Waals surface area contributed by atoms with Crippen molar-refractivity contribution in [2.24, 2.45) is 5.41 Å². The molecule has 0 aromatic heterocycles. The zero-order chi connectivity index (χ0) is 11.0. The summed E-state index contributed by atoms with van der Waals surface area (Å²) in [5.74, 6) is 0. The Morgan fingerprint density at radius 3 is 2.00 bits per heavy atom. The van der Waals surface area contributed by atoms with Crippen molar-refractivity contribution >= 4 is 0 Å². The van der Waals surface area contributed by atoms with Crippen molar-refractivity contribution in [1.82, 2.24) is 4.90 Å². The maximum absolute atomic E-state index is 4.31. The second kappa shape index (κ2) is 10.2. The van der Waals surface area contributed by atoms with Crippen LogP contribution in [0.15, 0.2) is 0 Å². The molecule has 0 spiro atoms. The summed E-state index contributed by atoms with van der Waals surface area (Å²) in [7, 11) is 4.15. The molecule has 0 unspecified atom stereocenters. The molecule has 1 aliphatic heterocycles. The number of nitrogens with zero attached hydrogens (tertiary/aromatic N) is 2. The van der Waals surface area contributed by atoms with E-state index in [4.69, 9.17) is 0 Å². The smallest absolute Gasteiger partial charge is 0 e. The van der Waals surface area contributed by atoms with Crippen LogP contribution in [0, 0.1) is 5.41 Å². The van der Waals surface area contributed by atoms with Gasteiger partial charge in [-0.05, 0) is 38.4 Å². The van der Waals surface area contributed by atoms with E-state index >= 15 is 0 Å². The summed E-state index contributed by atoms with van der Waals surface area (Å²) >= 11 is 0. The van der Waals surface area contributed by atoms with Gasteiger partial charge in [-0.2, -0.15) is 7.05 Å². The van der Waals surface area contributed by atoms with Crippen molar-refractivity contribution in [2.75, 3.05) is 33.7 Å². The Morgan fingerprint density at radius 1 is 1.20 bits per heavy atom. The van der Waals surface area contributed by atoms with Crippen LogP contribution in [0.2, 0.25) is 0 Å². The van der Waals surface area contributed by atoms with Gasteiger partial charge in [0.1, 0.15) is 0 Å². The van der Waals surface area contributed by atoms with E-state index in [-0.39, 0.29) is 32.7 Å². The molecule has 0 aliphatic carbocycles. The van der Waals surface area contributed by atoms with Crippen molar-refractivity contribution in [3.05, 3.63) is 5.32 Å². The monoisotopic (exact) mass is 288 g/mol. The molecule has 0 bridgehead atoms. The summed E-state index contributed by atoms with van der Waals surface area (Å²) in [6.07, 6.45) is 3.95. The summed E-state index contributed by atoms with van der Waals surface area (Å²) in [6.45, 7) is 9.88. The van der Waals surface area contributed by atoms with Crippen LogP contribution in [-0.4, -0.2) is 38.6 Å². The van der Waals surface area contributed by atoms with Gasteiger partial charge >= 0.3 is 0 Å². The Balaban J connectivity index is 0. The van der Waals surface area contributed by atoms with Gasteiger partial charge in [0, 0.05) is 32.7 Å². The van der Waals surface area contributed by atoms with Gasteiger partial charge in [-0.15, -0.1) is 6.54 Å². The van der Waals surface area contributed by atoms with Crippen molar-refractivity contribution in [3.63, 3.8) is 0 Å². The summed E-state index contributed by atoms with van der Waals surface area (Å²) in [5, 5.41) is 4.31. The number of hydrogen-bond acceptors (Lipinski definition) is 1. The Hall–Kier alpha value is 1.02. The predicted octanol–water partition coefficient (Wildman–Crippen LogP) is 3.14. The van der Waals surface area contributed by atoms with E-state index in [0.29, 0.717) is 5.41 Å². The minimum Gasteiger partial charge on any atom is -0.665 e. The van der Waals surface area contributed by atoms with Gasteiger partial charge in [0.2, 0.25) is 0 Å². The maximum atomic E-state index is 4.31. The van der Waals surface area contributed by atoms with E-state index in [2.05, 4.69) is 24.2 Å². The number of hydrogen-bond donors (Lipinski definition) is 0. The molecule has 1 radical (unpaired) electrons. The molecule has 0 saturated carbocycles. The minimum atomic E-state index is 0. The van der Waals surface area contributed by atoms with Gasteiger partial charge in [0.05, 0.1) is 0 Å². The second-order valence-corrected chi connectivity index (χ2v) is 4.13. The molecule has 89 valence electrons. The topological polar surface area (TPSA) is 17.3 Å². The zero-order valence-corrected chi connectivity index (χ0v) is 14.1. The number of piperidine rings is 1. The first-order chi connectivity index (χ1) is 6.72. The molecule has 0 N–H and O–H groups in total. The third-order valence-corrected chi connectivity index (χ3v) is 3.29. The van der Waals surface area contributed by atoms with E-state index in [9.17, 15) is 0 Å². The Labute approximate surface area is 121 Å². The van der Waals surface area contributed by atoms with Crippen molar-refractivity contribution in [2.45, 2.75) is 40.0 Å². The molecule has 0 amide bonds. The van der Waals surface area contributed by atoms with Crippen LogP contribution in [0.4, 0.5) is 0 Å². The van der Waals surface area contributed by atoms with Gasteiger partial charge in [0.15, 0.2) is 0 Å². The Morgan fingerprint density at radius 2 is 1.67 bits per heavy atom. The molecule has 1 saturated heterocycles. The molecule has 15 heavy (non-hydrogen) atoms. The SMILES string of the molecule is CC.CCC1(C[N-]C)CCN(C)CC1.[Y]. The first kappa shape index (κ1) is 18.4. The second-order valence-electron chi connectivity index (χ2n) is 4.13. The molecule has 0 aromatic carbocycles. The molecule has 0 atom stereocenters. The fourth-order valence-corrected chi connectivity index (χ4v) is 2.05.